The first-order valence-corrected chi connectivity index (χ1v) is 9.38. The Kier molecular flexibility index (Phi) is 4.89. The minimum Gasteiger partial charge on any atom is -0.422 e. The quantitative estimate of drug-likeness (QED) is 0.295. The fourth-order valence-corrected chi connectivity index (χ4v) is 3.40. The van der Waals surface area contributed by atoms with Crippen LogP contribution in [-0.2, 0) is 0 Å². The maximum Gasteiger partial charge on any atom is 0.345 e. The van der Waals surface area contributed by atoms with Gasteiger partial charge in [0.1, 0.15) is 11.7 Å². The van der Waals surface area contributed by atoms with E-state index in [0.29, 0.717) is 32.6 Å². The third-order valence-corrected chi connectivity index (χ3v) is 4.97. The molecular formula is C20H11ClN4O2S. The SMILES string of the molecule is N#C/C(=N\Nc1ccc(Cl)cc1)c1nc(-c2cc3ccccc3oc2=O)cs1. The Balaban J connectivity index is 1.65. The highest BCUT2D eigenvalue weighted by Crippen LogP contribution is 2.23. The van der Waals surface area contributed by atoms with E-state index in [9.17, 15) is 10.1 Å². The average Bonchev–Trinajstić information content (AvgIpc) is 3.19. The summed E-state index contributed by atoms with van der Waals surface area (Å²) in [6.07, 6.45) is 0. The summed E-state index contributed by atoms with van der Waals surface area (Å²) in [6.45, 7) is 0. The first-order valence-electron chi connectivity index (χ1n) is 8.12. The molecule has 0 atom stereocenters. The fourth-order valence-electron chi connectivity index (χ4n) is 2.51. The lowest BCUT2D eigenvalue weighted by Crippen LogP contribution is -2.04. The summed E-state index contributed by atoms with van der Waals surface area (Å²) in [5.74, 6) is 0. The Labute approximate surface area is 168 Å². The van der Waals surface area contributed by atoms with E-state index in [1.54, 1.807) is 47.8 Å². The molecule has 8 heteroatoms. The van der Waals surface area contributed by atoms with Gasteiger partial charge in [-0.05, 0) is 36.4 Å². The van der Waals surface area contributed by atoms with E-state index in [1.807, 2.05) is 18.2 Å². The Morgan fingerprint density at radius 3 is 2.79 bits per heavy atom. The van der Waals surface area contributed by atoms with Gasteiger partial charge in [-0.25, -0.2) is 9.78 Å². The van der Waals surface area contributed by atoms with Crippen molar-refractivity contribution in [3.8, 4) is 17.3 Å². The van der Waals surface area contributed by atoms with Gasteiger partial charge in [0.15, 0.2) is 10.7 Å². The summed E-state index contributed by atoms with van der Waals surface area (Å²) in [4.78, 5) is 16.7. The molecule has 2 heterocycles. The number of halogens is 1. The molecule has 0 fully saturated rings. The standard InChI is InChI=1S/C20H11ClN4O2S/c21-13-5-7-14(8-6-13)24-25-16(10-22)19-23-17(11-28-19)15-9-12-3-1-2-4-18(12)27-20(15)26/h1-9,11,24H/b25-16+. The normalized spacial score (nSPS) is 11.4. The molecule has 0 spiro atoms. The van der Waals surface area contributed by atoms with Crippen molar-refractivity contribution in [2.75, 3.05) is 5.43 Å². The van der Waals surface area contributed by atoms with Crippen molar-refractivity contribution in [2.45, 2.75) is 0 Å². The van der Waals surface area contributed by atoms with Crippen molar-refractivity contribution in [3.63, 3.8) is 0 Å². The van der Waals surface area contributed by atoms with Crippen molar-refractivity contribution in [1.29, 1.82) is 5.26 Å². The van der Waals surface area contributed by atoms with Crippen LogP contribution in [0.25, 0.3) is 22.2 Å². The zero-order valence-electron chi connectivity index (χ0n) is 14.2. The van der Waals surface area contributed by atoms with Crippen LogP contribution in [0.4, 0.5) is 5.69 Å². The number of anilines is 1. The molecule has 0 aliphatic carbocycles. The van der Waals surface area contributed by atoms with Gasteiger partial charge in [0.25, 0.3) is 0 Å². The Morgan fingerprint density at radius 2 is 2.00 bits per heavy atom. The maximum atomic E-state index is 12.3. The zero-order valence-corrected chi connectivity index (χ0v) is 15.8. The van der Waals surface area contributed by atoms with E-state index in [0.717, 1.165) is 5.39 Å². The highest BCUT2D eigenvalue weighted by atomic mass is 35.5. The van der Waals surface area contributed by atoms with Crippen LogP contribution in [0.3, 0.4) is 0 Å². The van der Waals surface area contributed by atoms with E-state index in [2.05, 4.69) is 15.5 Å². The molecule has 136 valence electrons. The molecule has 1 N–H and O–H groups in total. The number of nitrogens with one attached hydrogen (secondary N) is 1. The van der Waals surface area contributed by atoms with Gasteiger partial charge in [-0.3, -0.25) is 5.43 Å². The molecule has 2 aromatic heterocycles. The summed E-state index contributed by atoms with van der Waals surface area (Å²) in [6, 6.07) is 17.9. The molecule has 28 heavy (non-hydrogen) atoms. The number of thiazole rings is 1. The number of aromatic nitrogens is 1. The third kappa shape index (κ3) is 3.64. The molecule has 4 rings (SSSR count). The summed E-state index contributed by atoms with van der Waals surface area (Å²) in [5.41, 5.74) is 4.40. The van der Waals surface area contributed by atoms with Crippen molar-refractivity contribution >= 4 is 45.3 Å². The molecule has 6 nitrogen and oxygen atoms in total. The maximum absolute atomic E-state index is 12.3. The molecule has 0 saturated heterocycles. The highest BCUT2D eigenvalue weighted by Gasteiger charge is 2.14. The van der Waals surface area contributed by atoms with Crippen LogP contribution in [0.15, 0.2) is 74.3 Å². The van der Waals surface area contributed by atoms with Crippen LogP contribution in [0.1, 0.15) is 5.01 Å². The van der Waals surface area contributed by atoms with Crippen molar-refractivity contribution in [2.24, 2.45) is 5.10 Å². The van der Waals surface area contributed by atoms with Crippen molar-refractivity contribution in [1.82, 2.24) is 4.98 Å². The number of fused-ring (bicyclic) bond motifs is 1. The van der Waals surface area contributed by atoms with Gasteiger partial charge in [0.2, 0.25) is 0 Å². The van der Waals surface area contributed by atoms with Crippen LogP contribution in [0.2, 0.25) is 5.02 Å². The molecule has 2 aromatic carbocycles. The summed E-state index contributed by atoms with van der Waals surface area (Å²) in [7, 11) is 0. The number of hydrazone groups is 1. The van der Waals surface area contributed by atoms with Crippen LogP contribution in [0, 0.1) is 11.3 Å². The average molecular weight is 407 g/mol. The molecule has 0 amide bonds. The van der Waals surface area contributed by atoms with Crippen LogP contribution >= 0.6 is 22.9 Å². The number of nitriles is 1. The smallest absolute Gasteiger partial charge is 0.345 e. The predicted molar refractivity (Wildman–Crippen MR) is 111 cm³/mol. The molecule has 0 unspecified atom stereocenters. The number of rotatable bonds is 4. The van der Waals surface area contributed by atoms with E-state index >= 15 is 0 Å². The predicted octanol–water partition coefficient (Wildman–Crippen LogP) is 4.91. The topological polar surface area (TPSA) is 91.3 Å². The van der Waals surface area contributed by atoms with E-state index < -0.39 is 5.63 Å². The van der Waals surface area contributed by atoms with Gasteiger partial charge in [-0.2, -0.15) is 10.4 Å². The zero-order chi connectivity index (χ0) is 19.5. The Hall–Kier alpha value is -3.47. The van der Waals surface area contributed by atoms with Gasteiger partial charge >= 0.3 is 5.63 Å². The van der Waals surface area contributed by atoms with Crippen LogP contribution < -0.4 is 11.1 Å². The van der Waals surface area contributed by atoms with E-state index in [-0.39, 0.29) is 5.71 Å². The molecule has 0 saturated carbocycles. The molecule has 0 radical (unpaired) electrons. The molecule has 0 bridgehead atoms. The second-order valence-corrected chi connectivity index (χ2v) is 7.01. The van der Waals surface area contributed by atoms with Gasteiger partial charge in [-0.1, -0.05) is 29.8 Å². The molecule has 0 aliphatic rings. The number of nitrogens with zero attached hydrogens (tertiary/aromatic N) is 3. The monoisotopic (exact) mass is 406 g/mol. The highest BCUT2D eigenvalue weighted by molar-refractivity contribution is 7.12. The van der Waals surface area contributed by atoms with E-state index in [1.165, 1.54) is 11.3 Å². The summed E-state index contributed by atoms with van der Waals surface area (Å²) < 4.78 is 5.35. The van der Waals surface area contributed by atoms with Crippen molar-refractivity contribution in [3.05, 3.63) is 80.4 Å². The largest absolute Gasteiger partial charge is 0.422 e. The van der Waals surface area contributed by atoms with Gasteiger partial charge < -0.3 is 4.42 Å². The first kappa shape index (κ1) is 17.9. The van der Waals surface area contributed by atoms with Gasteiger partial charge in [0.05, 0.1) is 16.9 Å². The number of hydrogen-bond donors (Lipinski definition) is 1. The van der Waals surface area contributed by atoms with Gasteiger partial charge in [0, 0.05) is 15.8 Å². The van der Waals surface area contributed by atoms with Crippen LogP contribution in [-0.4, -0.2) is 10.7 Å². The number of para-hydroxylation sites is 1. The van der Waals surface area contributed by atoms with Crippen molar-refractivity contribution < 1.29 is 4.42 Å². The second kappa shape index (κ2) is 7.64. The summed E-state index contributed by atoms with van der Waals surface area (Å²) in [5, 5.41) is 17.0. The fraction of sp³-hybridized carbons (Fsp3) is 0. The number of benzene rings is 2. The summed E-state index contributed by atoms with van der Waals surface area (Å²) >= 11 is 7.07. The Morgan fingerprint density at radius 1 is 1.21 bits per heavy atom. The van der Waals surface area contributed by atoms with Gasteiger partial charge in [-0.15, -0.1) is 11.3 Å². The van der Waals surface area contributed by atoms with E-state index in [4.69, 9.17) is 16.0 Å². The lowest BCUT2D eigenvalue weighted by Gasteiger charge is -2.00. The minimum absolute atomic E-state index is 0.108. The van der Waals surface area contributed by atoms with Crippen LogP contribution in [0.5, 0.6) is 0 Å². The molecule has 4 aromatic rings. The third-order valence-electron chi connectivity index (χ3n) is 3.87. The molecular weight excluding hydrogens is 396 g/mol. The second-order valence-electron chi connectivity index (χ2n) is 5.71. The molecule has 0 aliphatic heterocycles. The lowest BCUT2D eigenvalue weighted by atomic mass is 10.1. The lowest BCUT2D eigenvalue weighted by molar-refractivity contribution is 0.563. The minimum atomic E-state index is -0.481. The Bertz CT molecular complexity index is 1290. The number of hydrogen-bond acceptors (Lipinski definition) is 7. The first-order chi connectivity index (χ1) is 13.6.